The summed E-state index contributed by atoms with van der Waals surface area (Å²) in [5, 5.41) is 17.4. The van der Waals surface area contributed by atoms with Crippen molar-refractivity contribution in [2.24, 2.45) is 17.3 Å². The number of nitrogens with one attached hydrogen (secondary N) is 2. The number of hydrogen-bond acceptors (Lipinski definition) is 8. The Bertz CT molecular complexity index is 2220. The van der Waals surface area contributed by atoms with E-state index in [2.05, 4.69) is 41.2 Å². The third kappa shape index (κ3) is 3.98. The van der Waals surface area contributed by atoms with Gasteiger partial charge in [-0.15, -0.1) is 0 Å². The molecule has 1 amide bonds. The molecule has 1 spiro atoms. The fraction of sp³-hybridized carbons (Fsp3) is 0.270. The van der Waals surface area contributed by atoms with E-state index in [1.54, 1.807) is 48.6 Å². The number of carbonyl (C=O) groups is 3. The lowest BCUT2D eigenvalue weighted by molar-refractivity contribution is 0.0759. The summed E-state index contributed by atoms with van der Waals surface area (Å²) < 4.78 is 29.9. The number of allylic oxidation sites excluding steroid dienone is 2. The molecule has 5 aliphatic rings. The minimum atomic E-state index is -3.61. The highest BCUT2D eigenvalue weighted by atomic mass is 32.2. The lowest BCUT2D eigenvalue weighted by atomic mass is 9.51. The van der Waals surface area contributed by atoms with Crippen LogP contribution in [0.3, 0.4) is 0 Å². The standard InChI is InChI=1S/C37H28N2O7S/c1-21-26-11-7-2-3-8-12-29-36(21)20-37(26,36)27-18-28(40)30-31(32(27)39-29)33(41)24-14-13-22(17-25(24)34(30)42)19-38-35(43)46-15-16-47(44,45)23-9-5-4-6-10-23/h2-6,9-10,13-14,17-18,21,26,29,39-40H,15-16,19-20H2,1H3,(H,38,43)/b3-2-/t21-,26?,29+,36-,37+/m0/s1. The molecule has 2 saturated carbocycles. The number of fused-ring (bicyclic) bond motifs is 5. The van der Waals surface area contributed by atoms with Crippen molar-refractivity contribution in [3.8, 4) is 29.4 Å². The van der Waals surface area contributed by atoms with Crippen molar-refractivity contribution in [1.29, 1.82) is 0 Å². The Morgan fingerprint density at radius 1 is 1.02 bits per heavy atom. The van der Waals surface area contributed by atoms with Crippen molar-refractivity contribution < 1.29 is 32.6 Å². The summed E-state index contributed by atoms with van der Waals surface area (Å²) in [4.78, 5) is 40.5. The first-order valence-electron chi connectivity index (χ1n) is 15.3. The van der Waals surface area contributed by atoms with E-state index in [1.165, 1.54) is 18.2 Å². The van der Waals surface area contributed by atoms with Crippen molar-refractivity contribution >= 4 is 33.2 Å². The smallest absolute Gasteiger partial charge is 0.407 e. The number of benzene rings is 3. The molecule has 3 aromatic carbocycles. The zero-order valence-electron chi connectivity index (χ0n) is 25.2. The second-order valence-electron chi connectivity index (χ2n) is 12.7. The molecule has 5 atom stereocenters. The summed E-state index contributed by atoms with van der Waals surface area (Å²) in [7, 11) is -3.61. The van der Waals surface area contributed by atoms with Crippen molar-refractivity contribution in [1.82, 2.24) is 5.32 Å². The Balaban J connectivity index is 1.03. The number of ether oxygens (including phenoxy) is 1. The van der Waals surface area contributed by atoms with Crippen LogP contribution in [-0.4, -0.2) is 49.6 Å². The van der Waals surface area contributed by atoms with E-state index in [4.69, 9.17) is 4.74 Å². The molecular weight excluding hydrogens is 616 g/mol. The van der Waals surface area contributed by atoms with E-state index in [1.807, 2.05) is 0 Å². The van der Waals surface area contributed by atoms with Gasteiger partial charge in [0.05, 0.1) is 33.5 Å². The molecule has 47 heavy (non-hydrogen) atoms. The predicted octanol–water partition coefficient (Wildman–Crippen LogP) is 4.13. The van der Waals surface area contributed by atoms with Crippen LogP contribution in [-0.2, 0) is 26.5 Å². The van der Waals surface area contributed by atoms with Gasteiger partial charge in [0.25, 0.3) is 0 Å². The fourth-order valence-electron chi connectivity index (χ4n) is 8.39. The van der Waals surface area contributed by atoms with Crippen LogP contribution < -0.4 is 10.6 Å². The molecule has 3 aromatic rings. The molecule has 1 heterocycles. The Kier molecular flexibility index (Phi) is 6.25. The Morgan fingerprint density at radius 3 is 2.55 bits per heavy atom. The monoisotopic (exact) mass is 644 g/mol. The van der Waals surface area contributed by atoms with Crippen LogP contribution in [0, 0.1) is 40.9 Å². The quantitative estimate of drug-likeness (QED) is 0.211. The van der Waals surface area contributed by atoms with Gasteiger partial charge in [-0.05, 0) is 65.9 Å². The Labute approximate surface area is 271 Å². The zero-order chi connectivity index (χ0) is 32.7. The number of phenols is 1. The van der Waals surface area contributed by atoms with E-state index in [0.717, 1.165) is 12.0 Å². The molecule has 234 valence electrons. The largest absolute Gasteiger partial charge is 0.507 e. The number of aromatic hydroxyl groups is 1. The normalized spacial score (nSPS) is 27.3. The van der Waals surface area contributed by atoms with Gasteiger partial charge in [0.2, 0.25) is 0 Å². The van der Waals surface area contributed by atoms with Gasteiger partial charge < -0.3 is 20.5 Å². The maximum Gasteiger partial charge on any atom is 0.407 e. The van der Waals surface area contributed by atoms with Crippen LogP contribution in [0.1, 0.15) is 56.3 Å². The first kappa shape index (κ1) is 29.1. The number of hydrogen-bond donors (Lipinski definition) is 3. The van der Waals surface area contributed by atoms with Gasteiger partial charge in [-0.2, -0.15) is 0 Å². The second-order valence-corrected chi connectivity index (χ2v) is 14.8. The van der Waals surface area contributed by atoms with Crippen LogP contribution in [0.4, 0.5) is 10.5 Å². The lowest BCUT2D eigenvalue weighted by Gasteiger charge is -2.54. The topological polar surface area (TPSA) is 139 Å². The first-order valence-corrected chi connectivity index (χ1v) is 17.0. The maximum absolute atomic E-state index is 14.1. The zero-order valence-corrected chi connectivity index (χ0v) is 26.0. The second kappa shape index (κ2) is 10.1. The number of alkyl carbamates (subject to hydrolysis) is 1. The van der Waals surface area contributed by atoms with Gasteiger partial charge >= 0.3 is 6.09 Å². The lowest BCUT2D eigenvalue weighted by Crippen LogP contribution is -2.57. The molecule has 3 N–H and O–H groups in total. The molecule has 2 bridgehead atoms. The van der Waals surface area contributed by atoms with Crippen LogP contribution in [0.15, 0.2) is 71.6 Å². The minimum absolute atomic E-state index is 0.0320. The highest BCUT2D eigenvalue weighted by Crippen LogP contribution is 2.86. The molecule has 9 nitrogen and oxygen atoms in total. The molecule has 10 heteroatoms. The number of anilines is 1. The van der Waals surface area contributed by atoms with Crippen molar-refractivity contribution in [2.75, 3.05) is 17.7 Å². The molecule has 1 aliphatic heterocycles. The van der Waals surface area contributed by atoms with E-state index in [0.29, 0.717) is 11.3 Å². The average molecular weight is 645 g/mol. The van der Waals surface area contributed by atoms with E-state index in [-0.39, 0.29) is 86.3 Å². The first-order chi connectivity index (χ1) is 22.6. The van der Waals surface area contributed by atoms with Crippen molar-refractivity contribution in [2.45, 2.75) is 36.2 Å². The van der Waals surface area contributed by atoms with Gasteiger partial charge in [0, 0.05) is 34.4 Å². The number of sulfone groups is 1. The summed E-state index contributed by atoms with van der Waals surface area (Å²) in [5.74, 6) is 11.7. The third-order valence-corrected chi connectivity index (χ3v) is 12.3. The van der Waals surface area contributed by atoms with Gasteiger partial charge in [0.15, 0.2) is 21.4 Å². The molecule has 0 saturated heterocycles. The fourth-order valence-corrected chi connectivity index (χ4v) is 9.50. The number of phenolic OH excluding ortho intramolecular Hbond substituents is 1. The number of carbonyl (C=O) groups excluding carboxylic acids is 3. The highest BCUT2D eigenvalue weighted by molar-refractivity contribution is 7.91. The third-order valence-electron chi connectivity index (χ3n) is 10.6. The minimum Gasteiger partial charge on any atom is -0.507 e. The van der Waals surface area contributed by atoms with Gasteiger partial charge in [-0.1, -0.05) is 54.9 Å². The van der Waals surface area contributed by atoms with Crippen LogP contribution in [0.5, 0.6) is 5.75 Å². The molecule has 2 fully saturated rings. The summed E-state index contributed by atoms with van der Waals surface area (Å²) in [6, 6.07) is 14.0. The van der Waals surface area contributed by atoms with Crippen LogP contribution >= 0.6 is 0 Å². The van der Waals surface area contributed by atoms with Crippen molar-refractivity contribution in [3.63, 3.8) is 0 Å². The SMILES string of the molecule is C[C@H]1C2C#C/C=C\C#C[C@H]3Nc4c(cc(O)c5c4C(=O)c4ccc(CNC(=O)OCCS(=O)(=O)c6ccccc6)cc4C5=O)[C@@]24C[C@@]314. The molecule has 0 aromatic heterocycles. The van der Waals surface area contributed by atoms with Gasteiger partial charge in [0.1, 0.15) is 12.4 Å². The molecule has 1 unspecified atom stereocenters. The Hall–Kier alpha value is -5.32. The summed E-state index contributed by atoms with van der Waals surface area (Å²) >= 11 is 0. The summed E-state index contributed by atoms with van der Waals surface area (Å²) in [6.07, 6.45) is 3.47. The van der Waals surface area contributed by atoms with E-state index < -0.39 is 21.7 Å². The summed E-state index contributed by atoms with van der Waals surface area (Å²) in [5.41, 5.74) is 1.77. The number of amides is 1. The van der Waals surface area contributed by atoms with Crippen LogP contribution in [0.2, 0.25) is 0 Å². The van der Waals surface area contributed by atoms with Gasteiger partial charge in [-0.25, -0.2) is 13.2 Å². The summed E-state index contributed by atoms with van der Waals surface area (Å²) in [6.45, 7) is 1.80. The molecule has 8 rings (SSSR count). The van der Waals surface area contributed by atoms with Crippen LogP contribution in [0.25, 0.3) is 0 Å². The van der Waals surface area contributed by atoms with E-state index in [9.17, 15) is 27.9 Å². The Morgan fingerprint density at radius 2 is 1.77 bits per heavy atom. The maximum atomic E-state index is 14.1. The molecule has 4 aliphatic carbocycles. The average Bonchev–Trinajstić information content (AvgIpc) is 3.73. The van der Waals surface area contributed by atoms with Gasteiger partial charge in [-0.3, -0.25) is 9.59 Å². The van der Waals surface area contributed by atoms with E-state index >= 15 is 0 Å². The highest BCUT2D eigenvalue weighted by Gasteiger charge is 2.87. The number of rotatable bonds is 6. The number of ketones is 2. The molecule has 0 radical (unpaired) electrons. The van der Waals surface area contributed by atoms with Crippen molar-refractivity contribution in [3.05, 3.63) is 100 Å². The predicted molar refractivity (Wildman–Crippen MR) is 172 cm³/mol. The molecular formula is C37H28N2O7S.